The molecular weight excluding hydrogens is 368 g/mol. The van der Waals surface area contributed by atoms with Crippen molar-refractivity contribution >= 4 is 17.5 Å². The van der Waals surface area contributed by atoms with Crippen LogP contribution in [-0.4, -0.2) is 35.4 Å². The van der Waals surface area contributed by atoms with Crippen LogP contribution in [0.25, 0.3) is 0 Å². The number of carbonyl (C=O) groups excluding carboxylic acids is 3. The number of esters is 1. The van der Waals surface area contributed by atoms with Crippen LogP contribution in [0.1, 0.15) is 53.4 Å². The first kappa shape index (κ1) is 20.5. The molecule has 1 N–H and O–H groups in total. The maximum absolute atomic E-state index is 13.0. The number of fused-ring (bicyclic) bond motifs is 5. The van der Waals surface area contributed by atoms with E-state index in [1.165, 1.54) is 6.92 Å². The van der Waals surface area contributed by atoms with Crippen molar-refractivity contribution in [1.29, 1.82) is 0 Å². The molecular formula is C24H32O5. The van der Waals surface area contributed by atoms with Gasteiger partial charge in [0.15, 0.2) is 11.6 Å². The number of Topliss-reactive ketones (excluding diaryl/α,β-unsaturated/α-hetero) is 1. The average molecular weight is 401 g/mol. The molecule has 0 saturated heterocycles. The second kappa shape index (κ2) is 6.90. The van der Waals surface area contributed by atoms with Crippen LogP contribution >= 0.6 is 0 Å². The molecule has 3 saturated carbocycles. The monoisotopic (exact) mass is 400 g/mol. The van der Waals surface area contributed by atoms with Crippen molar-refractivity contribution in [3.63, 3.8) is 0 Å². The molecule has 5 nitrogen and oxygen atoms in total. The van der Waals surface area contributed by atoms with Crippen molar-refractivity contribution in [2.45, 2.75) is 59.5 Å². The second-order valence-electron chi connectivity index (χ2n) is 10.2. The first-order chi connectivity index (χ1) is 13.6. The summed E-state index contributed by atoms with van der Waals surface area (Å²) in [5, 5.41) is 11.3. The number of ether oxygens (including phenoxy) is 1. The zero-order valence-corrected chi connectivity index (χ0v) is 17.8. The summed E-state index contributed by atoms with van der Waals surface area (Å²) in [5.41, 5.74) is 0.561. The van der Waals surface area contributed by atoms with Crippen molar-refractivity contribution < 1.29 is 24.2 Å². The molecule has 0 amide bonds. The van der Waals surface area contributed by atoms with Crippen molar-refractivity contribution in [3.8, 4) is 0 Å². The fraction of sp³-hybridized carbons (Fsp3) is 0.708. The first-order valence-corrected chi connectivity index (χ1v) is 10.9. The van der Waals surface area contributed by atoms with Crippen LogP contribution in [-0.2, 0) is 19.1 Å². The average Bonchev–Trinajstić information content (AvgIpc) is 2.89. The van der Waals surface area contributed by atoms with E-state index in [-0.39, 0.29) is 46.8 Å². The quantitative estimate of drug-likeness (QED) is 0.736. The van der Waals surface area contributed by atoms with Crippen LogP contribution in [0.4, 0.5) is 0 Å². The van der Waals surface area contributed by atoms with Gasteiger partial charge in [0.05, 0.1) is 6.10 Å². The standard InChI is InChI=1S/C24H32O5/c1-13-9-18-17-6-5-15-10-16(26)7-8-23(15,3)22(17)19(27)11-24(18,4)21(13)20(28)12-29-14(2)25/h7-8,10,13,17-19,21-22,27H,5-6,9,11-12H2,1-4H3/t13-,17-,18?,19?,21?,22?,23-,24-/m0/s1. The number of hydrogen-bond donors (Lipinski definition) is 1. The van der Waals surface area contributed by atoms with Gasteiger partial charge in [-0.2, -0.15) is 0 Å². The van der Waals surface area contributed by atoms with Gasteiger partial charge in [0.2, 0.25) is 0 Å². The molecule has 0 aromatic heterocycles. The van der Waals surface area contributed by atoms with Crippen molar-refractivity contribution in [3.05, 3.63) is 23.8 Å². The Balaban J connectivity index is 1.65. The molecule has 3 fully saturated rings. The summed E-state index contributed by atoms with van der Waals surface area (Å²) < 4.78 is 5.02. The highest BCUT2D eigenvalue weighted by Gasteiger charge is 2.64. The summed E-state index contributed by atoms with van der Waals surface area (Å²) in [5.74, 6) is 0.319. The molecule has 0 heterocycles. The number of ketones is 2. The number of hydrogen-bond acceptors (Lipinski definition) is 5. The normalized spacial score (nSPS) is 45.7. The van der Waals surface area contributed by atoms with E-state index in [0.29, 0.717) is 18.3 Å². The lowest BCUT2D eigenvalue weighted by Crippen LogP contribution is -2.56. The summed E-state index contributed by atoms with van der Waals surface area (Å²) in [6, 6.07) is 0. The summed E-state index contributed by atoms with van der Waals surface area (Å²) in [4.78, 5) is 36.1. The van der Waals surface area contributed by atoms with Crippen LogP contribution in [0.5, 0.6) is 0 Å². The van der Waals surface area contributed by atoms with Crippen LogP contribution < -0.4 is 0 Å². The molecule has 4 unspecified atom stereocenters. The Morgan fingerprint density at radius 1 is 1.31 bits per heavy atom. The highest BCUT2D eigenvalue weighted by Crippen LogP contribution is 2.67. The van der Waals surface area contributed by atoms with Crippen LogP contribution in [0.15, 0.2) is 23.8 Å². The molecule has 5 heteroatoms. The van der Waals surface area contributed by atoms with Gasteiger partial charge < -0.3 is 9.84 Å². The van der Waals surface area contributed by atoms with E-state index in [1.807, 2.05) is 6.08 Å². The maximum Gasteiger partial charge on any atom is 0.303 e. The van der Waals surface area contributed by atoms with Gasteiger partial charge in [0, 0.05) is 24.2 Å². The van der Waals surface area contributed by atoms with Crippen molar-refractivity contribution in [2.75, 3.05) is 6.61 Å². The molecule has 8 atom stereocenters. The zero-order valence-electron chi connectivity index (χ0n) is 17.8. The third-order valence-corrected chi connectivity index (χ3v) is 8.60. The predicted octanol–water partition coefficient (Wildman–Crippen LogP) is 3.26. The van der Waals surface area contributed by atoms with E-state index in [4.69, 9.17) is 4.74 Å². The van der Waals surface area contributed by atoms with E-state index in [0.717, 1.165) is 24.8 Å². The van der Waals surface area contributed by atoms with E-state index in [9.17, 15) is 19.5 Å². The highest BCUT2D eigenvalue weighted by atomic mass is 16.5. The number of aliphatic hydroxyl groups is 1. The summed E-state index contributed by atoms with van der Waals surface area (Å²) >= 11 is 0. The van der Waals surface area contributed by atoms with Crippen LogP contribution in [0.2, 0.25) is 0 Å². The summed E-state index contributed by atoms with van der Waals surface area (Å²) in [7, 11) is 0. The van der Waals surface area contributed by atoms with Gasteiger partial charge >= 0.3 is 5.97 Å². The van der Waals surface area contributed by atoms with E-state index >= 15 is 0 Å². The van der Waals surface area contributed by atoms with Crippen LogP contribution in [0.3, 0.4) is 0 Å². The van der Waals surface area contributed by atoms with Gasteiger partial charge in [0.1, 0.15) is 6.61 Å². The molecule has 4 aliphatic rings. The van der Waals surface area contributed by atoms with E-state index in [1.54, 1.807) is 12.2 Å². The topological polar surface area (TPSA) is 80.7 Å². The number of rotatable bonds is 3. The Bertz CT molecular complexity index is 810. The van der Waals surface area contributed by atoms with Gasteiger partial charge in [-0.05, 0) is 61.0 Å². The smallest absolute Gasteiger partial charge is 0.303 e. The molecule has 4 rings (SSSR count). The van der Waals surface area contributed by atoms with Crippen molar-refractivity contribution in [1.82, 2.24) is 0 Å². The molecule has 0 spiro atoms. The molecule has 29 heavy (non-hydrogen) atoms. The number of allylic oxidation sites excluding steroid dienone is 4. The van der Waals surface area contributed by atoms with E-state index < -0.39 is 12.1 Å². The third-order valence-electron chi connectivity index (χ3n) is 8.60. The van der Waals surface area contributed by atoms with Gasteiger partial charge in [-0.3, -0.25) is 14.4 Å². The Morgan fingerprint density at radius 2 is 2.03 bits per heavy atom. The minimum Gasteiger partial charge on any atom is -0.458 e. The lowest BCUT2D eigenvalue weighted by molar-refractivity contribution is -0.152. The summed E-state index contributed by atoms with van der Waals surface area (Å²) in [6.07, 6.45) is 8.24. The number of carbonyl (C=O) groups is 3. The van der Waals surface area contributed by atoms with Crippen molar-refractivity contribution in [2.24, 2.45) is 40.4 Å². The SMILES string of the molecule is CC(=O)OCC(=O)C1[C@@H](C)CC2[C@@H]3CCC4=CC(=O)C=C[C@]4(C)C3C(O)C[C@@]21C. The highest BCUT2D eigenvalue weighted by molar-refractivity contribution is 6.01. The minimum atomic E-state index is -0.526. The fourth-order valence-corrected chi connectivity index (χ4v) is 7.64. The Morgan fingerprint density at radius 3 is 2.72 bits per heavy atom. The molecule has 0 aliphatic heterocycles. The van der Waals surface area contributed by atoms with Crippen LogP contribution in [0, 0.1) is 40.4 Å². The number of aliphatic hydroxyl groups excluding tert-OH is 1. The first-order valence-electron chi connectivity index (χ1n) is 10.9. The van der Waals surface area contributed by atoms with Gasteiger partial charge in [-0.25, -0.2) is 0 Å². The molecule has 0 radical (unpaired) electrons. The van der Waals surface area contributed by atoms with E-state index in [2.05, 4.69) is 20.8 Å². The largest absolute Gasteiger partial charge is 0.458 e. The molecule has 0 aromatic carbocycles. The Hall–Kier alpha value is -1.75. The van der Waals surface area contributed by atoms with Gasteiger partial charge in [-0.15, -0.1) is 0 Å². The van der Waals surface area contributed by atoms with Gasteiger partial charge in [0.25, 0.3) is 0 Å². The molecule has 4 aliphatic carbocycles. The maximum atomic E-state index is 13.0. The molecule has 0 aromatic rings. The predicted molar refractivity (Wildman–Crippen MR) is 108 cm³/mol. The second-order valence-corrected chi connectivity index (χ2v) is 10.2. The third kappa shape index (κ3) is 3.04. The Kier molecular flexibility index (Phi) is 4.88. The lowest BCUT2D eigenvalue weighted by Gasteiger charge is -2.58. The fourth-order valence-electron chi connectivity index (χ4n) is 7.64. The molecule has 0 bridgehead atoms. The zero-order chi connectivity index (χ0) is 21.1. The Labute approximate surface area is 172 Å². The molecule has 158 valence electrons. The minimum absolute atomic E-state index is 0.0193. The van der Waals surface area contributed by atoms with Gasteiger partial charge in [-0.1, -0.05) is 32.4 Å². The summed E-state index contributed by atoms with van der Waals surface area (Å²) in [6.45, 7) is 7.58. The lowest BCUT2D eigenvalue weighted by atomic mass is 9.46.